The van der Waals surface area contributed by atoms with Gasteiger partial charge in [-0.15, -0.1) is 6.58 Å². The van der Waals surface area contributed by atoms with Crippen molar-refractivity contribution in [2.45, 2.75) is 105 Å². The first kappa shape index (κ1) is 36.8. The van der Waals surface area contributed by atoms with Gasteiger partial charge in [-0.1, -0.05) is 46.8 Å². The number of hydrogen-bond donors (Lipinski definition) is 4. The maximum atomic E-state index is 14.0. The molecule has 2 rings (SSSR count). The van der Waals surface area contributed by atoms with E-state index in [0.717, 1.165) is 0 Å². The van der Waals surface area contributed by atoms with Crippen molar-refractivity contribution >= 4 is 29.8 Å². The smallest absolute Gasteiger partial charge is 0.408 e. The molecule has 0 bridgehead atoms. The Morgan fingerprint density at radius 3 is 2.27 bits per heavy atom. The number of carbonyl (C=O) groups excluding carboxylic acids is 5. The molecule has 248 valence electrons. The largest absolute Gasteiger partial charge is 0.463 e. The van der Waals surface area contributed by atoms with Crippen LogP contribution < -0.4 is 16.0 Å². The van der Waals surface area contributed by atoms with Crippen molar-refractivity contribution < 1.29 is 38.6 Å². The molecule has 0 radical (unpaired) electrons. The number of alkyl carbamates (subject to hydrolysis) is 1. The minimum absolute atomic E-state index is 0.0292. The molecule has 1 aliphatic carbocycles. The van der Waals surface area contributed by atoms with E-state index >= 15 is 0 Å². The van der Waals surface area contributed by atoms with Gasteiger partial charge in [-0.25, -0.2) is 9.59 Å². The molecule has 0 aromatic heterocycles. The first-order chi connectivity index (χ1) is 20.3. The predicted molar refractivity (Wildman–Crippen MR) is 165 cm³/mol. The number of esters is 1. The van der Waals surface area contributed by atoms with Gasteiger partial charge in [0.2, 0.25) is 11.8 Å². The lowest BCUT2D eigenvalue weighted by molar-refractivity contribution is -0.145. The number of ether oxygens (including phenoxy) is 2. The van der Waals surface area contributed by atoms with Crippen molar-refractivity contribution in [3.05, 3.63) is 24.8 Å². The summed E-state index contributed by atoms with van der Waals surface area (Å²) in [4.78, 5) is 66.4. The number of nitrogens with zero attached hydrogens (tertiary/aromatic N) is 1. The highest BCUT2D eigenvalue weighted by Crippen LogP contribution is 2.65. The second-order valence-electron chi connectivity index (χ2n) is 14.2. The lowest BCUT2D eigenvalue weighted by atomic mass is 9.85. The molecule has 4 N–H and O–H groups in total. The number of amides is 4. The van der Waals surface area contributed by atoms with Crippen LogP contribution in [0.25, 0.3) is 0 Å². The van der Waals surface area contributed by atoms with Crippen LogP contribution in [0.1, 0.15) is 75.2 Å². The van der Waals surface area contributed by atoms with Gasteiger partial charge in [0.25, 0.3) is 5.91 Å². The van der Waals surface area contributed by atoms with Crippen molar-refractivity contribution in [1.82, 2.24) is 20.9 Å². The molecule has 1 aliphatic heterocycles. The van der Waals surface area contributed by atoms with Crippen LogP contribution in [0, 0.1) is 22.7 Å². The average Bonchev–Trinajstić information content (AvgIpc) is 3.21. The Bertz CT molecular complexity index is 1120. The summed E-state index contributed by atoms with van der Waals surface area (Å²) in [6.45, 7) is 20.7. The summed E-state index contributed by atoms with van der Waals surface area (Å²) in [5, 5.41) is 19.0. The zero-order valence-corrected chi connectivity index (χ0v) is 27.7. The molecule has 1 saturated heterocycles. The highest BCUT2D eigenvalue weighted by atomic mass is 16.6. The molecule has 1 heterocycles. The zero-order chi connectivity index (χ0) is 33.6. The number of likely N-dealkylation sites (tertiary alicyclic amines) is 1. The van der Waals surface area contributed by atoms with Crippen LogP contribution in [0.4, 0.5) is 4.79 Å². The second kappa shape index (κ2) is 14.6. The quantitative estimate of drug-likeness (QED) is 0.139. The van der Waals surface area contributed by atoms with Crippen molar-refractivity contribution in [2.75, 3.05) is 19.7 Å². The Morgan fingerprint density at radius 1 is 1.09 bits per heavy atom. The van der Waals surface area contributed by atoms with E-state index in [1.807, 2.05) is 34.6 Å². The van der Waals surface area contributed by atoms with Gasteiger partial charge in [-0.05, 0) is 63.2 Å². The Balaban J connectivity index is 2.24. The number of allylic oxidation sites excluding steroid dienone is 1. The van der Waals surface area contributed by atoms with Crippen LogP contribution in [-0.2, 0) is 28.7 Å². The van der Waals surface area contributed by atoms with Gasteiger partial charge in [0.15, 0.2) is 6.10 Å². The fourth-order valence-electron chi connectivity index (χ4n) is 5.72. The molecule has 2 aliphatic rings. The molecule has 6 atom stereocenters. The Kier molecular flexibility index (Phi) is 12.2. The van der Waals surface area contributed by atoms with E-state index < -0.39 is 65.0 Å². The van der Waals surface area contributed by atoms with Gasteiger partial charge >= 0.3 is 12.1 Å². The normalized spacial score (nSPS) is 22.7. The Labute approximate surface area is 261 Å². The minimum atomic E-state index is -1.60. The number of rotatable bonds is 13. The fraction of sp³-hybridized carbons (Fsp3) is 0.719. The topological polar surface area (TPSA) is 163 Å². The third kappa shape index (κ3) is 9.54. The number of piperidine rings is 1. The molecule has 12 heteroatoms. The highest BCUT2D eigenvalue weighted by Gasteiger charge is 2.70. The third-order valence-corrected chi connectivity index (χ3v) is 8.13. The molecule has 4 amide bonds. The van der Waals surface area contributed by atoms with Crippen LogP contribution in [0.15, 0.2) is 24.8 Å². The van der Waals surface area contributed by atoms with Gasteiger partial charge < -0.3 is 35.4 Å². The highest BCUT2D eigenvalue weighted by molar-refractivity contribution is 5.94. The van der Waals surface area contributed by atoms with E-state index in [9.17, 15) is 29.1 Å². The van der Waals surface area contributed by atoms with E-state index in [0.29, 0.717) is 13.0 Å². The lowest BCUT2D eigenvalue weighted by Gasteiger charge is -2.38. The van der Waals surface area contributed by atoms with Crippen molar-refractivity contribution in [3.63, 3.8) is 0 Å². The SMILES string of the molecule is C=CCCC(NC(=O)C1C2C(CN1C(=O)C(NC(=O)OC(C)(C)C)C(C)(C)C)C2(C)C)C(O)C(=O)NC/C=C/C(=O)OCC. The molecule has 44 heavy (non-hydrogen) atoms. The maximum Gasteiger partial charge on any atom is 0.408 e. The van der Waals surface area contributed by atoms with E-state index in [4.69, 9.17) is 9.47 Å². The van der Waals surface area contributed by atoms with Crippen molar-refractivity contribution in [2.24, 2.45) is 22.7 Å². The van der Waals surface area contributed by atoms with Gasteiger partial charge in [-0.3, -0.25) is 14.4 Å². The van der Waals surface area contributed by atoms with Crippen molar-refractivity contribution in [3.8, 4) is 0 Å². The van der Waals surface area contributed by atoms with E-state index in [1.54, 1.807) is 33.8 Å². The molecule has 12 nitrogen and oxygen atoms in total. The summed E-state index contributed by atoms with van der Waals surface area (Å²) in [6.07, 6.45) is 2.50. The van der Waals surface area contributed by atoms with E-state index in [1.165, 1.54) is 17.1 Å². The first-order valence-corrected chi connectivity index (χ1v) is 15.3. The van der Waals surface area contributed by atoms with Gasteiger partial charge in [0, 0.05) is 19.2 Å². The van der Waals surface area contributed by atoms with Gasteiger partial charge in [0.1, 0.15) is 17.7 Å². The monoisotopic (exact) mass is 620 g/mol. The molecule has 0 aromatic carbocycles. The van der Waals surface area contributed by atoms with Gasteiger partial charge in [-0.2, -0.15) is 0 Å². The van der Waals surface area contributed by atoms with Crippen molar-refractivity contribution in [1.29, 1.82) is 0 Å². The molecule has 6 unspecified atom stereocenters. The summed E-state index contributed by atoms with van der Waals surface area (Å²) in [6, 6.07) is -2.80. The number of carbonyl (C=O) groups is 5. The van der Waals surface area contributed by atoms with Crippen LogP contribution in [-0.4, -0.2) is 89.3 Å². The maximum absolute atomic E-state index is 14.0. The molecular weight excluding hydrogens is 568 g/mol. The number of aliphatic hydroxyl groups excluding tert-OH is 1. The predicted octanol–water partition coefficient (Wildman–Crippen LogP) is 2.46. The summed E-state index contributed by atoms with van der Waals surface area (Å²) in [5.41, 5.74) is -1.64. The van der Waals surface area contributed by atoms with E-state index in [-0.39, 0.29) is 36.8 Å². The Hall–Kier alpha value is -3.41. The van der Waals surface area contributed by atoms with Crippen LogP contribution in [0.2, 0.25) is 0 Å². The number of aliphatic hydroxyl groups is 1. The number of nitrogens with one attached hydrogen (secondary N) is 3. The second-order valence-corrected chi connectivity index (χ2v) is 14.2. The minimum Gasteiger partial charge on any atom is -0.463 e. The number of hydrogen-bond acceptors (Lipinski definition) is 8. The molecular formula is C32H52N4O8. The van der Waals surface area contributed by atoms with E-state index in [2.05, 4.69) is 22.5 Å². The van der Waals surface area contributed by atoms with Crippen LogP contribution in [0.5, 0.6) is 0 Å². The summed E-state index contributed by atoms with van der Waals surface area (Å²) in [7, 11) is 0. The number of fused-ring (bicyclic) bond motifs is 1. The molecule has 0 aromatic rings. The molecule has 2 fully saturated rings. The zero-order valence-electron chi connectivity index (χ0n) is 27.7. The molecule has 0 spiro atoms. The molecule has 1 saturated carbocycles. The summed E-state index contributed by atoms with van der Waals surface area (Å²) in [5.74, 6) is -2.22. The Morgan fingerprint density at radius 2 is 1.73 bits per heavy atom. The summed E-state index contributed by atoms with van der Waals surface area (Å²) >= 11 is 0. The van der Waals surface area contributed by atoms with Crippen LogP contribution in [0.3, 0.4) is 0 Å². The van der Waals surface area contributed by atoms with Crippen LogP contribution >= 0.6 is 0 Å². The third-order valence-electron chi connectivity index (χ3n) is 8.13. The standard InChI is InChI=1S/C32H52N4O8/c1-11-13-15-20(24(38)27(40)33-17-14-16-21(37)43-12-2)34-26(39)23-22-19(32(22,9)10)18-36(23)28(41)25(30(3,4)5)35-29(42)44-31(6,7)8/h11,14,16,19-20,22-25,38H,1,12-13,15,17-18H2,2-10H3,(H,33,40)(H,34,39)(H,35,42)/b16-14+. The lowest BCUT2D eigenvalue weighted by Crippen LogP contribution is -2.61. The van der Waals surface area contributed by atoms with Gasteiger partial charge in [0.05, 0.1) is 12.6 Å². The first-order valence-electron chi connectivity index (χ1n) is 15.3. The summed E-state index contributed by atoms with van der Waals surface area (Å²) < 4.78 is 10.2. The average molecular weight is 621 g/mol. The fourth-order valence-corrected chi connectivity index (χ4v) is 5.72.